The van der Waals surface area contributed by atoms with E-state index in [-0.39, 0.29) is 5.91 Å². The first kappa shape index (κ1) is 18.9. The Morgan fingerprint density at radius 1 is 1.21 bits per heavy atom. The second-order valence-electron chi connectivity index (χ2n) is 6.36. The van der Waals surface area contributed by atoms with Crippen molar-refractivity contribution in [2.24, 2.45) is 0 Å². The van der Waals surface area contributed by atoms with Crippen molar-refractivity contribution in [2.75, 3.05) is 33.3 Å². The van der Waals surface area contributed by atoms with Crippen molar-refractivity contribution < 1.29 is 9.53 Å². The minimum Gasteiger partial charge on any atom is -0.368 e. The number of carbonyl (C=O) groups excluding carboxylic acids is 1. The Kier molecular flexibility index (Phi) is 7.21. The summed E-state index contributed by atoms with van der Waals surface area (Å²) in [6, 6.07) is 8.34. The number of hydrogen-bond donors (Lipinski definition) is 2. The first-order valence-corrected chi connectivity index (χ1v) is 8.98. The number of nitrogens with one attached hydrogen (secondary N) is 2. The van der Waals surface area contributed by atoms with Gasteiger partial charge in [-0.25, -0.2) is 0 Å². The number of benzene rings is 1. The fourth-order valence-electron chi connectivity index (χ4n) is 3.26. The number of amides is 1. The Morgan fingerprint density at radius 2 is 1.83 bits per heavy atom. The van der Waals surface area contributed by atoms with Gasteiger partial charge in [0.2, 0.25) is 0 Å². The molecule has 1 aromatic rings. The lowest BCUT2D eigenvalue weighted by atomic mass is 9.91. The van der Waals surface area contributed by atoms with Crippen LogP contribution in [-0.2, 0) is 22.6 Å². The maximum absolute atomic E-state index is 12.7. The monoisotopic (exact) mass is 333 g/mol. The van der Waals surface area contributed by atoms with Crippen LogP contribution < -0.4 is 10.6 Å². The summed E-state index contributed by atoms with van der Waals surface area (Å²) in [4.78, 5) is 15.1. The molecule has 2 rings (SSSR count). The van der Waals surface area contributed by atoms with Crippen molar-refractivity contribution >= 4 is 5.91 Å². The molecule has 0 unspecified atom stereocenters. The molecule has 24 heavy (non-hydrogen) atoms. The fourth-order valence-corrected chi connectivity index (χ4v) is 3.26. The van der Waals surface area contributed by atoms with Crippen molar-refractivity contribution in [1.29, 1.82) is 0 Å². The van der Waals surface area contributed by atoms with Gasteiger partial charge < -0.3 is 15.4 Å². The van der Waals surface area contributed by atoms with Gasteiger partial charge in [-0.2, -0.15) is 0 Å². The Morgan fingerprint density at radius 3 is 2.42 bits per heavy atom. The minimum atomic E-state index is -0.681. The van der Waals surface area contributed by atoms with Crippen LogP contribution >= 0.6 is 0 Å². The van der Waals surface area contributed by atoms with E-state index in [1.807, 2.05) is 6.07 Å². The lowest BCUT2D eigenvalue weighted by Gasteiger charge is -2.34. The highest BCUT2D eigenvalue weighted by Gasteiger charge is 2.39. The van der Waals surface area contributed by atoms with E-state index >= 15 is 0 Å². The second-order valence-corrected chi connectivity index (χ2v) is 6.36. The molecule has 1 saturated heterocycles. The summed E-state index contributed by atoms with van der Waals surface area (Å²) < 4.78 is 5.60. The molecule has 0 aliphatic carbocycles. The zero-order chi connectivity index (χ0) is 17.4. The van der Waals surface area contributed by atoms with Crippen molar-refractivity contribution in [1.82, 2.24) is 15.5 Å². The number of carbonyl (C=O) groups is 1. The molecule has 0 saturated carbocycles. The van der Waals surface area contributed by atoms with Gasteiger partial charge in [0, 0.05) is 20.2 Å². The van der Waals surface area contributed by atoms with E-state index in [1.54, 1.807) is 7.11 Å². The highest BCUT2D eigenvalue weighted by atomic mass is 16.5. The van der Waals surface area contributed by atoms with E-state index < -0.39 is 5.60 Å². The van der Waals surface area contributed by atoms with Crippen LogP contribution in [0, 0.1) is 0 Å². The zero-order valence-electron chi connectivity index (χ0n) is 15.2. The van der Waals surface area contributed by atoms with Gasteiger partial charge in [-0.15, -0.1) is 0 Å². The van der Waals surface area contributed by atoms with Gasteiger partial charge in [0.15, 0.2) is 0 Å². The summed E-state index contributed by atoms with van der Waals surface area (Å²) in [7, 11) is 1.64. The van der Waals surface area contributed by atoms with Gasteiger partial charge in [-0.3, -0.25) is 9.69 Å². The Hall–Kier alpha value is -1.43. The molecule has 0 bridgehead atoms. The smallest absolute Gasteiger partial charge is 0.252 e. The van der Waals surface area contributed by atoms with Crippen molar-refractivity contribution in [3.05, 3.63) is 35.4 Å². The molecule has 1 fully saturated rings. The number of ether oxygens (including phenoxy) is 1. The van der Waals surface area contributed by atoms with Gasteiger partial charge in [0.25, 0.3) is 5.91 Å². The summed E-state index contributed by atoms with van der Waals surface area (Å²) in [5, 5.41) is 6.38. The second kappa shape index (κ2) is 9.16. The van der Waals surface area contributed by atoms with Crippen molar-refractivity contribution in [3.8, 4) is 0 Å². The maximum Gasteiger partial charge on any atom is 0.252 e. The molecule has 0 spiro atoms. The first-order chi connectivity index (χ1) is 11.6. The van der Waals surface area contributed by atoms with E-state index in [1.165, 1.54) is 11.1 Å². The third-order valence-corrected chi connectivity index (χ3v) is 5.06. The molecule has 0 atom stereocenters. The standard InChI is InChI=1S/C19H31N3O2/c1-4-22(5-2)15-17-9-7-6-8-16(17)14-21-18(23)19(24-3)10-12-20-13-11-19/h6-9,20H,4-5,10-15H2,1-3H3,(H,21,23). The van der Waals surface area contributed by atoms with Gasteiger partial charge in [-0.05, 0) is 50.1 Å². The molecular weight excluding hydrogens is 302 g/mol. The summed E-state index contributed by atoms with van der Waals surface area (Å²) in [6.45, 7) is 9.50. The summed E-state index contributed by atoms with van der Waals surface area (Å²) in [6.07, 6.45) is 1.44. The largest absolute Gasteiger partial charge is 0.368 e. The van der Waals surface area contributed by atoms with Gasteiger partial charge >= 0.3 is 0 Å². The molecule has 5 heteroatoms. The van der Waals surface area contributed by atoms with E-state index in [0.29, 0.717) is 6.54 Å². The average Bonchev–Trinajstić information content (AvgIpc) is 2.65. The Labute approximate surface area is 145 Å². The number of hydrogen-bond acceptors (Lipinski definition) is 4. The van der Waals surface area contributed by atoms with Gasteiger partial charge in [0.05, 0.1) is 0 Å². The van der Waals surface area contributed by atoms with Gasteiger partial charge in [-0.1, -0.05) is 38.1 Å². The highest BCUT2D eigenvalue weighted by Crippen LogP contribution is 2.23. The Bertz CT molecular complexity index is 523. The number of nitrogens with zero attached hydrogens (tertiary/aromatic N) is 1. The quantitative estimate of drug-likeness (QED) is 0.763. The third-order valence-electron chi connectivity index (χ3n) is 5.06. The molecule has 1 aliphatic rings. The predicted molar refractivity (Wildman–Crippen MR) is 96.8 cm³/mol. The molecule has 0 aromatic heterocycles. The number of rotatable bonds is 8. The number of piperidine rings is 1. The SMILES string of the molecule is CCN(CC)Cc1ccccc1CNC(=O)C1(OC)CCNCC1. The van der Waals surface area contributed by atoms with Gasteiger partial charge in [0.1, 0.15) is 5.60 Å². The predicted octanol–water partition coefficient (Wildman–Crippen LogP) is 1.91. The average molecular weight is 333 g/mol. The summed E-state index contributed by atoms with van der Waals surface area (Å²) in [5.74, 6) is 0.00384. The van der Waals surface area contributed by atoms with Crippen molar-refractivity contribution in [2.45, 2.75) is 45.4 Å². The zero-order valence-corrected chi connectivity index (χ0v) is 15.2. The first-order valence-electron chi connectivity index (χ1n) is 8.98. The lowest BCUT2D eigenvalue weighted by Crippen LogP contribution is -2.54. The molecule has 1 heterocycles. The molecular formula is C19H31N3O2. The van der Waals surface area contributed by atoms with E-state index in [2.05, 4.69) is 47.6 Å². The summed E-state index contributed by atoms with van der Waals surface area (Å²) >= 11 is 0. The van der Waals surface area contributed by atoms with Crippen LogP contribution in [0.15, 0.2) is 24.3 Å². The maximum atomic E-state index is 12.7. The topological polar surface area (TPSA) is 53.6 Å². The fraction of sp³-hybridized carbons (Fsp3) is 0.632. The Balaban J connectivity index is 2.02. The van der Waals surface area contributed by atoms with Crippen LogP contribution in [0.1, 0.15) is 37.8 Å². The van der Waals surface area contributed by atoms with Crippen LogP contribution in [0.3, 0.4) is 0 Å². The van der Waals surface area contributed by atoms with E-state index in [4.69, 9.17) is 4.74 Å². The molecule has 134 valence electrons. The van der Waals surface area contributed by atoms with Crippen molar-refractivity contribution in [3.63, 3.8) is 0 Å². The van der Waals surface area contributed by atoms with E-state index in [0.717, 1.165) is 45.6 Å². The summed E-state index contributed by atoms with van der Waals surface area (Å²) in [5.41, 5.74) is 1.77. The van der Waals surface area contributed by atoms with E-state index in [9.17, 15) is 4.79 Å². The normalized spacial score (nSPS) is 17.0. The molecule has 1 aromatic carbocycles. The van der Waals surface area contributed by atoms with Crippen LogP contribution in [0.5, 0.6) is 0 Å². The number of methoxy groups -OCH3 is 1. The lowest BCUT2D eigenvalue weighted by molar-refractivity contribution is -0.146. The highest BCUT2D eigenvalue weighted by molar-refractivity contribution is 5.85. The minimum absolute atomic E-state index is 0.00384. The van der Waals surface area contributed by atoms with Crippen LogP contribution in [0.25, 0.3) is 0 Å². The molecule has 5 nitrogen and oxygen atoms in total. The molecule has 2 N–H and O–H groups in total. The molecule has 1 amide bonds. The van der Waals surface area contributed by atoms with Crippen LogP contribution in [0.2, 0.25) is 0 Å². The molecule has 1 aliphatic heterocycles. The van der Waals surface area contributed by atoms with Crippen LogP contribution in [0.4, 0.5) is 0 Å². The molecule has 0 radical (unpaired) electrons. The third kappa shape index (κ3) is 4.56. The van der Waals surface area contributed by atoms with Crippen LogP contribution in [-0.4, -0.2) is 49.7 Å².